The van der Waals surface area contributed by atoms with Crippen LogP contribution in [0.2, 0.25) is 0 Å². The van der Waals surface area contributed by atoms with Gasteiger partial charge in [-0.2, -0.15) is 0 Å². The highest BCUT2D eigenvalue weighted by atomic mass is 32.2. The van der Waals surface area contributed by atoms with E-state index >= 15 is 0 Å². The second kappa shape index (κ2) is 10.1. The van der Waals surface area contributed by atoms with Gasteiger partial charge in [-0.3, -0.25) is 4.79 Å². The summed E-state index contributed by atoms with van der Waals surface area (Å²) >= 11 is 0. The highest BCUT2D eigenvalue weighted by Crippen LogP contribution is 2.40. The van der Waals surface area contributed by atoms with Crippen LogP contribution in [0.3, 0.4) is 0 Å². The lowest BCUT2D eigenvalue weighted by molar-refractivity contribution is 0.0657. The predicted octanol–water partition coefficient (Wildman–Crippen LogP) is 3.19. The molecule has 1 heterocycles. The van der Waals surface area contributed by atoms with Gasteiger partial charge in [-0.1, -0.05) is 0 Å². The SMILES string of the molecule is CCOc1cc(C(=O)N2CC(S(=O)(=O)c3ccc(OC)cc3)C2)cc(OCC)c1OCC. The van der Waals surface area contributed by atoms with Crippen molar-refractivity contribution in [1.29, 1.82) is 0 Å². The molecule has 3 rings (SSSR count). The summed E-state index contributed by atoms with van der Waals surface area (Å²) in [5.41, 5.74) is 0.362. The molecule has 9 heteroatoms. The van der Waals surface area contributed by atoms with Crippen LogP contribution in [-0.4, -0.2) is 64.5 Å². The minimum atomic E-state index is -3.54. The molecule has 1 saturated heterocycles. The van der Waals surface area contributed by atoms with Gasteiger partial charge in [0, 0.05) is 18.7 Å². The third kappa shape index (κ3) is 4.77. The second-order valence-corrected chi connectivity index (χ2v) is 9.38. The monoisotopic (exact) mass is 463 g/mol. The fraction of sp³-hybridized carbons (Fsp3) is 0.435. The molecule has 1 aliphatic heterocycles. The summed E-state index contributed by atoms with van der Waals surface area (Å²) < 4.78 is 47.8. The molecule has 0 radical (unpaired) electrons. The quantitative estimate of drug-likeness (QED) is 0.534. The molecule has 1 aliphatic rings. The molecule has 0 spiro atoms. The normalized spacial score (nSPS) is 13.9. The molecular formula is C23H29NO7S. The van der Waals surface area contributed by atoms with E-state index in [9.17, 15) is 13.2 Å². The summed E-state index contributed by atoms with van der Waals surface area (Å²) in [5, 5.41) is -0.653. The van der Waals surface area contributed by atoms with Crippen LogP contribution in [0, 0.1) is 0 Å². The molecule has 1 amide bonds. The highest BCUT2D eigenvalue weighted by Gasteiger charge is 2.41. The number of nitrogens with zero attached hydrogens (tertiary/aromatic N) is 1. The Morgan fingerprint density at radius 2 is 1.47 bits per heavy atom. The Morgan fingerprint density at radius 1 is 0.938 bits per heavy atom. The Labute approximate surface area is 188 Å². The van der Waals surface area contributed by atoms with Gasteiger partial charge in [0.05, 0.1) is 31.8 Å². The van der Waals surface area contributed by atoms with Crippen LogP contribution in [-0.2, 0) is 9.84 Å². The van der Waals surface area contributed by atoms with Gasteiger partial charge < -0.3 is 23.8 Å². The summed E-state index contributed by atoms with van der Waals surface area (Å²) in [6, 6.07) is 9.49. The van der Waals surface area contributed by atoms with E-state index < -0.39 is 15.1 Å². The fourth-order valence-electron chi connectivity index (χ4n) is 3.45. The number of hydrogen-bond acceptors (Lipinski definition) is 7. The summed E-state index contributed by atoms with van der Waals surface area (Å²) in [6.07, 6.45) is 0. The first-order valence-electron chi connectivity index (χ1n) is 10.6. The van der Waals surface area contributed by atoms with Crippen molar-refractivity contribution in [1.82, 2.24) is 4.90 Å². The van der Waals surface area contributed by atoms with Crippen molar-refractivity contribution < 1.29 is 32.2 Å². The molecule has 2 aromatic carbocycles. The van der Waals surface area contributed by atoms with Crippen molar-refractivity contribution in [2.45, 2.75) is 30.9 Å². The van der Waals surface area contributed by atoms with Gasteiger partial charge in [0.15, 0.2) is 21.3 Å². The van der Waals surface area contributed by atoms with Crippen LogP contribution in [0.25, 0.3) is 0 Å². The first-order valence-corrected chi connectivity index (χ1v) is 12.1. The standard InChI is InChI=1S/C23H29NO7S/c1-5-29-20-12-16(13-21(30-6-2)22(20)31-7-3)23(25)24-14-19(15-24)32(26,27)18-10-8-17(28-4)9-11-18/h8-13,19H,5-7,14-15H2,1-4H3. The number of carbonyl (C=O) groups excluding carboxylic acids is 1. The molecule has 0 unspecified atom stereocenters. The topological polar surface area (TPSA) is 91.4 Å². The maximum Gasteiger partial charge on any atom is 0.254 e. The zero-order valence-electron chi connectivity index (χ0n) is 18.8. The predicted molar refractivity (Wildman–Crippen MR) is 120 cm³/mol. The smallest absolute Gasteiger partial charge is 0.254 e. The molecule has 0 saturated carbocycles. The van der Waals surface area contributed by atoms with Gasteiger partial charge in [-0.15, -0.1) is 0 Å². The Bertz CT molecular complexity index is 1020. The summed E-state index contributed by atoms with van der Waals surface area (Å²) in [4.78, 5) is 14.8. The van der Waals surface area contributed by atoms with Crippen LogP contribution >= 0.6 is 0 Å². The van der Waals surface area contributed by atoms with Gasteiger partial charge in [0.1, 0.15) is 11.0 Å². The number of carbonyl (C=O) groups is 1. The third-order valence-electron chi connectivity index (χ3n) is 5.12. The molecule has 2 aromatic rings. The average Bonchev–Trinajstić information content (AvgIpc) is 2.74. The van der Waals surface area contributed by atoms with E-state index in [1.54, 1.807) is 24.3 Å². The molecular weight excluding hydrogens is 434 g/mol. The molecule has 8 nitrogen and oxygen atoms in total. The van der Waals surface area contributed by atoms with E-state index in [2.05, 4.69) is 0 Å². The zero-order valence-corrected chi connectivity index (χ0v) is 19.6. The van der Waals surface area contributed by atoms with Crippen LogP contribution < -0.4 is 18.9 Å². The fourth-order valence-corrected chi connectivity index (χ4v) is 5.11. The van der Waals surface area contributed by atoms with Crippen molar-refractivity contribution in [2.24, 2.45) is 0 Å². The average molecular weight is 464 g/mol. The Kier molecular flexibility index (Phi) is 7.50. The Morgan fingerprint density at radius 3 is 1.94 bits per heavy atom. The number of methoxy groups -OCH3 is 1. The lowest BCUT2D eigenvalue weighted by Crippen LogP contribution is -2.56. The molecule has 1 fully saturated rings. The van der Waals surface area contributed by atoms with Gasteiger partial charge >= 0.3 is 0 Å². The summed E-state index contributed by atoms with van der Waals surface area (Å²) in [6.45, 7) is 6.99. The summed E-state index contributed by atoms with van der Waals surface area (Å²) in [7, 11) is -2.02. The number of amides is 1. The van der Waals surface area contributed by atoms with Gasteiger partial charge in [0.2, 0.25) is 5.75 Å². The lowest BCUT2D eigenvalue weighted by atomic mass is 10.1. The molecule has 0 aliphatic carbocycles. The number of benzene rings is 2. The molecule has 0 bridgehead atoms. The largest absolute Gasteiger partial charge is 0.497 e. The summed E-state index contributed by atoms with van der Waals surface area (Å²) in [5.74, 6) is 1.60. The van der Waals surface area contributed by atoms with E-state index in [1.165, 1.54) is 24.1 Å². The van der Waals surface area contributed by atoms with Gasteiger partial charge in [-0.25, -0.2) is 8.42 Å². The maximum atomic E-state index is 13.1. The van der Waals surface area contributed by atoms with Crippen molar-refractivity contribution in [2.75, 3.05) is 40.0 Å². The van der Waals surface area contributed by atoms with E-state index in [0.717, 1.165) is 0 Å². The van der Waals surface area contributed by atoms with Crippen LogP contribution in [0.4, 0.5) is 0 Å². The van der Waals surface area contributed by atoms with Crippen molar-refractivity contribution in [3.8, 4) is 23.0 Å². The minimum Gasteiger partial charge on any atom is -0.497 e. The number of sulfone groups is 1. The molecule has 0 N–H and O–H groups in total. The van der Waals surface area contributed by atoms with Crippen molar-refractivity contribution in [3.63, 3.8) is 0 Å². The number of rotatable bonds is 10. The molecule has 0 aromatic heterocycles. The van der Waals surface area contributed by atoms with E-state index in [-0.39, 0.29) is 23.9 Å². The van der Waals surface area contributed by atoms with E-state index in [1.807, 2.05) is 20.8 Å². The highest BCUT2D eigenvalue weighted by molar-refractivity contribution is 7.92. The lowest BCUT2D eigenvalue weighted by Gasteiger charge is -2.38. The van der Waals surface area contributed by atoms with Crippen LogP contribution in [0.15, 0.2) is 41.3 Å². The number of likely N-dealkylation sites (tertiary alicyclic amines) is 1. The van der Waals surface area contributed by atoms with Gasteiger partial charge in [0.25, 0.3) is 5.91 Å². The second-order valence-electron chi connectivity index (χ2n) is 7.15. The van der Waals surface area contributed by atoms with Crippen LogP contribution in [0.1, 0.15) is 31.1 Å². The van der Waals surface area contributed by atoms with Crippen molar-refractivity contribution in [3.05, 3.63) is 42.0 Å². The molecule has 32 heavy (non-hydrogen) atoms. The third-order valence-corrected chi connectivity index (χ3v) is 7.22. The van der Waals surface area contributed by atoms with Gasteiger partial charge in [-0.05, 0) is 57.2 Å². The van der Waals surface area contributed by atoms with Crippen molar-refractivity contribution >= 4 is 15.7 Å². The Balaban J connectivity index is 1.78. The number of ether oxygens (including phenoxy) is 4. The van der Waals surface area contributed by atoms with E-state index in [4.69, 9.17) is 18.9 Å². The van der Waals surface area contributed by atoms with E-state index in [0.29, 0.717) is 48.4 Å². The number of hydrogen-bond donors (Lipinski definition) is 0. The Hall–Kier alpha value is -2.94. The molecule has 174 valence electrons. The zero-order chi connectivity index (χ0) is 23.3. The minimum absolute atomic E-state index is 0.119. The first-order chi connectivity index (χ1) is 15.3. The maximum absolute atomic E-state index is 13.1. The first kappa shape index (κ1) is 23.7. The van der Waals surface area contributed by atoms with Crippen LogP contribution in [0.5, 0.6) is 23.0 Å². The molecule has 0 atom stereocenters.